The van der Waals surface area contributed by atoms with Crippen molar-refractivity contribution in [3.05, 3.63) is 90.0 Å². The molecule has 1 amide bonds. The summed E-state index contributed by atoms with van der Waals surface area (Å²) in [5.41, 5.74) is 2.97. The van der Waals surface area contributed by atoms with Gasteiger partial charge in [0.05, 0.1) is 13.2 Å². The second-order valence-electron chi connectivity index (χ2n) is 12.6. The van der Waals surface area contributed by atoms with Gasteiger partial charge in [0.25, 0.3) is 5.91 Å². The second-order valence-corrected chi connectivity index (χ2v) is 12.6. The van der Waals surface area contributed by atoms with E-state index in [0.29, 0.717) is 24.3 Å². The molecule has 0 aliphatic carbocycles. The van der Waals surface area contributed by atoms with Crippen molar-refractivity contribution in [3.63, 3.8) is 0 Å². The van der Waals surface area contributed by atoms with E-state index in [9.17, 15) is 9.59 Å². The van der Waals surface area contributed by atoms with E-state index in [4.69, 9.17) is 33.2 Å². The molecule has 1 N–H and O–H groups in total. The molecule has 10 nitrogen and oxygen atoms in total. The number of rotatable bonds is 9. The predicted octanol–water partition coefficient (Wildman–Crippen LogP) is 5.03. The lowest BCUT2D eigenvalue weighted by atomic mass is 9.97. The van der Waals surface area contributed by atoms with Gasteiger partial charge in [-0.3, -0.25) is 4.79 Å². The maximum atomic E-state index is 13.2. The summed E-state index contributed by atoms with van der Waals surface area (Å²) in [5, 5.41) is 2.85. The van der Waals surface area contributed by atoms with Gasteiger partial charge in [-0.05, 0) is 63.9 Å². The molecule has 0 saturated carbocycles. The maximum absolute atomic E-state index is 13.2. The molecule has 0 unspecified atom stereocenters. The molecule has 10 heteroatoms. The Kier molecular flexibility index (Phi) is 9.18. The molecule has 0 spiro atoms. The Bertz CT molecular complexity index is 1520. The van der Waals surface area contributed by atoms with Crippen LogP contribution >= 0.6 is 0 Å². The Morgan fingerprint density at radius 1 is 0.848 bits per heavy atom. The van der Waals surface area contributed by atoms with E-state index in [2.05, 4.69) is 5.32 Å². The van der Waals surface area contributed by atoms with E-state index in [1.165, 1.54) is 0 Å². The highest BCUT2D eigenvalue weighted by molar-refractivity contribution is 5.97. The standard InChI is InChI=1S/C36H41NO9/c1-6-40-33(39)26(20-22-12-8-7-9-13-22)37-32(38)24-18-16-23(17-19-24)25-14-10-11-15-27(25)42-34-31-30(45-36(4,5)46-31)29-28(43-34)21-41-35(2,3)44-29/h7-19,26,28-31,34H,6,20-21H2,1-5H3,(H,37,38)/t26-,28-,29-,30+,31+,34+/m1/s1. The van der Waals surface area contributed by atoms with Crippen molar-refractivity contribution >= 4 is 11.9 Å². The van der Waals surface area contributed by atoms with Gasteiger partial charge in [-0.15, -0.1) is 0 Å². The van der Waals surface area contributed by atoms with E-state index >= 15 is 0 Å². The topological polar surface area (TPSA) is 111 Å². The summed E-state index contributed by atoms with van der Waals surface area (Å²) in [5.74, 6) is -1.88. The van der Waals surface area contributed by atoms with Gasteiger partial charge in [0.1, 0.15) is 30.1 Å². The van der Waals surface area contributed by atoms with Crippen LogP contribution in [0.5, 0.6) is 5.75 Å². The molecule has 3 aliphatic rings. The molecule has 0 radical (unpaired) electrons. The third kappa shape index (κ3) is 7.11. The third-order valence-corrected chi connectivity index (χ3v) is 8.19. The molecule has 0 aromatic heterocycles. The van der Waals surface area contributed by atoms with Gasteiger partial charge in [-0.2, -0.15) is 0 Å². The zero-order valence-electron chi connectivity index (χ0n) is 26.8. The van der Waals surface area contributed by atoms with E-state index in [1.54, 1.807) is 19.1 Å². The highest BCUT2D eigenvalue weighted by Crippen LogP contribution is 2.43. The lowest BCUT2D eigenvalue weighted by Gasteiger charge is -2.48. The minimum Gasteiger partial charge on any atom is -0.464 e. The van der Waals surface area contributed by atoms with Gasteiger partial charge in [-0.25, -0.2) is 4.79 Å². The van der Waals surface area contributed by atoms with E-state index < -0.39 is 48.2 Å². The van der Waals surface area contributed by atoms with Crippen molar-refractivity contribution in [2.75, 3.05) is 13.2 Å². The average molecular weight is 632 g/mol. The van der Waals surface area contributed by atoms with E-state index in [0.717, 1.165) is 16.7 Å². The Morgan fingerprint density at radius 3 is 2.26 bits per heavy atom. The van der Waals surface area contributed by atoms with Crippen LogP contribution < -0.4 is 10.1 Å². The Balaban J connectivity index is 1.18. The number of hydrogen-bond donors (Lipinski definition) is 1. The normalized spacial score (nSPS) is 26.7. The summed E-state index contributed by atoms with van der Waals surface area (Å²) in [6.45, 7) is 9.77. The molecule has 6 atom stereocenters. The number of esters is 1. The number of amides is 1. The molecule has 3 aliphatic heterocycles. The van der Waals surface area contributed by atoms with Crippen LogP contribution in [0, 0.1) is 0 Å². The molecular weight excluding hydrogens is 590 g/mol. The van der Waals surface area contributed by atoms with Crippen molar-refractivity contribution in [2.24, 2.45) is 0 Å². The van der Waals surface area contributed by atoms with E-state index in [1.807, 2.05) is 94.4 Å². The first kappa shape index (κ1) is 32.2. The molecule has 3 saturated heterocycles. The van der Waals surface area contributed by atoms with Crippen molar-refractivity contribution in [1.29, 1.82) is 0 Å². The van der Waals surface area contributed by atoms with Gasteiger partial charge >= 0.3 is 5.97 Å². The van der Waals surface area contributed by atoms with E-state index in [-0.39, 0.29) is 18.6 Å². The monoisotopic (exact) mass is 631 g/mol. The highest BCUT2D eigenvalue weighted by Gasteiger charge is 2.59. The number of fused-ring (bicyclic) bond motifs is 3. The average Bonchev–Trinajstić information content (AvgIpc) is 3.37. The number of nitrogens with one attached hydrogen (secondary N) is 1. The zero-order chi connectivity index (χ0) is 32.5. The molecule has 3 aromatic carbocycles. The van der Waals surface area contributed by atoms with Crippen LogP contribution in [0.15, 0.2) is 78.9 Å². The summed E-state index contributed by atoms with van der Waals surface area (Å²) in [7, 11) is 0. The molecule has 6 rings (SSSR count). The van der Waals surface area contributed by atoms with Crippen LogP contribution in [-0.2, 0) is 39.6 Å². The minimum absolute atomic E-state index is 0.224. The third-order valence-electron chi connectivity index (χ3n) is 8.19. The summed E-state index contributed by atoms with van der Waals surface area (Å²) < 4.78 is 42.8. The number of ether oxygens (including phenoxy) is 7. The van der Waals surface area contributed by atoms with Crippen LogP contribution in [0.3, 0.4) is 0 Å². The quantitative estimate of drug-likeness (QED) is 0.325. The summed E-state index contributed by atoms with van der Waals surface area (Å²) in [6.07, 6.45) is -2.18. The number of carbonyl (C=O) groups is 2. The number of hydrogen-bond acceptors (Lipinski definition) is 9. The van der Waals surface area contributed by atoms with Gasteiger partial charge in [0, 0.05) is 17.5 Å². The Labute approximate surface area is 269 Å². The largest absolute Gasteiger partial charge is 0.464 e. The molecule has 244 valence electrons. The lowest BCUT2D eigenvalue weighted by molar-refractivity contribution is -0.362. The van der Waals surface area contributed by atoms with Gasteiger partial charge in [0.15, 0.2) is 17.7 Å². The first-order valence-electron chi connectivity index (χ1n) is 15.7. The highest BCUT2D eigenvalue weighted by atomic mass is 16.8. The molecule has 46 heavy (non-hydrogen) atoms. The van der Waals surface area contributed by atoms with Crippen LogP contribution in [0.25, 0.3) is 11.1 Å². The van der Waals surface area contributed by atoms with Crippen molar-refractivity contribution in [1.82, 2.24) is 5.32 Å². The number of benzene rings is 3. The first-order chi connectivity index (χ1) is 22.0. The van der Waals surface area contributed by atoms with Crippen molar-refractivity contribution in [2.45, 2.75) is 89.4 Å². The molecule has 0 bridgehead atoms. The SMILES string of the molecule is CCOC(=O)[C@@H](Cc1ccccc1)NC(=O)c1ccc(-c2ccccc2O[C@H]2O[C@@H]3COC(C)(C)O[C@H]3[C@@H]3OC(C)(C)O[C@H]23)cc1. The fourth-order valence-electron chi connectivity index (χ4n) is 6.10. The fourth-order valence-corrected chi connectivity index (χ4v) is 6.10. The Hall–Kier alpha value is -3.80. The van der Waals surface area contributed by atoms with Gasteiger partial charge < -0.3 is 38.5 Å². The Morgan fingerprint density at radius 2 is 1.52 bits per heavy atom. The second kappa shape index (κ2) is 13.1. The summed E-state index contributed by atoms with van der Waals surface area (Å²) in [4.78, 5) is 25.9. The zero-order valence-corrected chi connectivity index (χ0v) is 26.8. The van der Waals surface area contributed by atoms with Crippen LogP contribution in [0.1, 0.15) is 50.5 Å². The number of carbonyl (C=O) groups excluding carboxylic acids is 2. The number of para-hydroxylation sites is 1. The smallest absolute Gasteiger partial charge is 0.328 e. The molecule has 3 heterocycles. The lowest BCUT2D eigenvalue weighted by Crippen LogP contribution is -2.64. The van der Waals surface area contributed by atoms with Crippen LogP contribution in [0.4, 0.5) is 0 Å². The van der Waals surface area contributed by atoms with Gasteiger partial charge in [0.2, 0.25) is 6.29 Å². The van der Waals surface area contributed by atoms with Crippen molar-refractivity contribution < 1.29 is 42.7 Å². The van der Waals surface area contributed by atoms with Crippen molar-refractivity contribution in [3.8, 4) is 16.9 Å². The molecule has 3 aromatic rings. The predicted molar refractivity (Wildman–Crippen MR) is 168 cm³/mol. The fraction of sp³-hybridized carbons (Fsp3) is 0.444. The summed E-state index contributed by atoms with van der Waals surface area (Å²) >= 11 is 0. The minimum atomic E-state index is -0.843. The first-order valence-corrected chi connectivity index (χ1v) is 15.7. The van der Waals surface area contributed by atoms with Crippen LogP contribution in [0.2, 0.25) is 0 Å². The van der Waals surface area contributed by atoms with Gasteiger partial charge in [-0.1, -0.05) is 60.7 Å². The maximum Gasteiger partial charge on any atom is 0.328 e. The molecular formula is C36H41NO9. The summed E-state index contributed by atoms with van der Waals surface area (Å²) in [6, 6.07) is 23.4. The molecule has 3 fully saturated rings. The van der Waals surface area contributed by atoms with Crippen LogP contribution in [-0.4, -0.2) is 73.4 Å².